The standard InChI is InChI=1S/C13H23N3O2/c1-16-9-11(7-12(16)17)13(18)15-6-4-10-3-2-5-14-8-10/h10-11,14H,2-9H2,1H3,(H,15,18). The SMILES string of the molecule is CN1CC(C(=O)NCCC2CCCNC2)CC1=O. The maximum absolute atomic E-state index is 11.9. The second kappa shape index (κ2) is 6.18. The average Bonchev–Trinajstić information content (AvgIpc) is 2.71. The van der Waals surface area contributed by atoms with Crippen LogP contribution in [0.1, 0.15) is 25.7 Å². The predicted octanol–water partition coefficient (Wildman–Crippen LogP) is -0.0294. The second-order valence-electron chi connectivity index (χ2n) is 5.47. The Morgan fingerprint density at radius 1 is 1.56 bits per heavy atom. The van der Waals surface area contributed by atoms with E-state index in [1.54, 1.807) is 11.9 Å². The van der Waals surface area contributed by atoms with Gasteiger partial charge < -0.3 is 15.5 Å². The van der Waals surface area contributed by atoms with E-state index in [1.165, 1.54) is 12.8 Å². The Balaban J connectivity index is 1.64. The first-order valence-electron chi connectivity index (χ1n) is 6.89. The molecule has 0 aliphatic carbocycles. The Morgan fingerprint density at radius 2 is 2.39 bits per heavy atom. The molecule has 0 bridgehead atoms. The van der Waals surface area contributed by atoms with Gasteiger partial charge in [0.15, 0.2) is 0 Å². The van der Waals surface area contributed by atoms with Crippen molar-refractivity contribution in [2.75, 3.05) is 33.2 Å². The molecule has 2 N–H and O–H groups in total. The molecule has 102 valence electrons. The molecule has 2 heterocycles. The summed E-state index contributed by atoms with van der Waals surface area (Å²) < 4.78 is 0. The highest BCUT2D eigenvalue weighted by Gasteiger charge is 2.31. The van der Waals surface area contributed by atoms with Crippen LogP contribution in [0.15, 0.2) is 0 Å². The molecule has 2 aliphatic heterocycles. The Bertz CT molecular complexity index is 313. The van der Waals surface area contributed by atoms with E-state index >= 15 is 0 Å². The monoisotopic (exact) mass is 253 g/mol. The minimum atomic E-state index is -0.146. The fourth-order valence-corrected chi connectivity index (χ4v) is 2.75. The molecule has 2 fully saturated rings. The van der Waals surface area contributed by atoms with Gasteiger partial charge in [-0.25, -0.2) is 0 Å². The number of hydrogen-bond acceptors (Lipinski definition) is 3. The Kier molecular flexibility index (Phi) is 4.58. The molecular formula is C13H23N3O2. The van der Waals surface area contributed by atoms with Gasteiger partial charge in [-0.15, -0.1) is 0 Å². The fraction of sp³-hybridized carbons (Fsp3) is 0.846. The molecule has 2 saturated heterocycles. The molecule has 5 heteroatoms. The van der Waals surface area contributed by atoms with Crippen molar-refractivity contribution in [2.24, 2.45) is 11.8 Å². The molecule has 5 nitrogen and oxygen atoms in total. The van der Waals surface area contributed by atoms with Gasteiger partial charge in [0.2, 0.25) is 11.8 Å². The zero-order chi connectivity index (χ0) is 13.0. The van der Waals surface area contributed by atoms with Crippen molar-refractivity contribution < 1.29 is 9.59 Å². The van der Waals surface area contributed by atoms with Crippen LogP contribution in [0.5, 0.6) is 0 Å². The third kappa shape index (κ3) is 3.45. The summed E-state index contributed by atoms with van der Waals surface area (Å²) in [6.07, 6.45) is 3.90. The number of nitrogens with one attached hydrogen (secondary N) is 2. The molecule has 0 aromatic rings. The maximum atomic E-state index is 11.9. The number of likely N-dealkylation sites (tertiary alicyclic amines) is 1. The summed E-state index contributed by atoms with van der Waals surface area (Å²) in [6.45, 7) is 3.50. The van der Waals surface area contributed by atoms with Gasteiger partial charge in [0.1, 0.15) is 0 Å². The Morgan fingerprint density at radius 3 is 3.00 bits per heavy atom. The highest BCUT2D eigenvalue weighted by atomic mass is 16.2. The summed E-state index contributed by atoms with van der Waals surface area (Å²) >= 11 is 0. The first-order chi connectivity index (χ1) is 8.66. The highest BCUT2D eigenvalue weighted by Crippen LogP contribution is 2.16. The van der Waals surface area contributed by atoms with E-state index in [0.29, 0.717) is 18.9 Å². The van der Waals surface area contributed by atoms with Crippen LogP contribution in [-0.4, -0.2) is 49.9 Å². The van der Waals surface area contributed by atoms with Crippen molar-refractivity contribution in [3.63, 3.8) is 0 Å². The molecule has 0 radical (unpaired) electrons. The van der Waals surface area contributed by atoms with Crippen molar-refractivity contribution in [3.8, 4) is 0 Å². The van der Waals surface area contributed by atoms with E-state index in [9.17, 15) is 9.59 Å². The summed E-state index contributed by atoms with van der Waals surface area (Å²) in [5.41, 5.74) is 0. The molecule has 2 amide bonds. The molecule has 0 aromatic carbocycles. The quantitative estimate of drug-likeness (QED) is 0.739. The van der Waals surface area contributed by atoms with E-state index in [2.05, 4.69) is 10.6 Å². The van der Waals surface area contributed by atoms with E-state index in [-0.39, 0.29) is 17.7 Å². The summed E-state index contributed by atoms with van der Waals surface area (Å²) in [6, 6.07) is 0. The highest BCUT2D eigenvalue weighted by molar-refractivity contribution is 5.89. The van der Waals surface area contributed by atoms with Crippen LogP contribution in [-0.2, 0) is 9.59 Å². The largest absolute Gasteiger partial charge is 0.356 e. The van der Waals surface area contributed by atoms with Crippen molar-refractivity contribution in [3.05, 3.63) is 0 Å². The van der Waals surface area contributed by atoms with E-state index in [1.807, 2.05) is 0 Å². The third-order valence-corrected chi connectivity index (χ3v) is 3.96. The number of nitrogens with zero attached hydrogens (tertiary/aromatic N) is 1. The van der Waals surface area contributed by atoms with Crippen LogP contribution in [0.3, 0.4) is 0 Å². The predicted molar refractivity (Wildman–Crippen MR) is 69.0 cm³/mol. The number of piperidine rings is 1. The number of rotatable bonds is 4. The minimum Gasteiger partial charge on any atom is -0.356 e. The average molecular weight is 253 g/mol. The summed E-state index contributed by atoms with van der Waals surface area (Å²) in [4.78, 5) is 24.9. The van der Waals surface area contributed by atoms with Crippen LogP contribution in [0.2, 0.25) is 0 Å². The van der Waals surface area contributed by atoms with Gasteiger partial charge in [0.05, 0.1) is 5.92 Å². The smallest absolute Gasteiger partial charge is 0.225 e. The van der Waals surface area contributed by atoms with Crippen LogP contribution in [0.25, 0.3) is 0 Å². The molecule has 0 spiro atoms. The van der Waals surface area contributed by atoms with Crippen molar-refractivity contribution in [2.45, 2.75) is 25.7 Å². The van der Waals surface area contributed by atoms with Crippen LogP contribution < -0.4 is 10.6 Å². The minimum absolute atomic E-state index is 0.0384. The third-order valence-electron chi connectivity index (χ3n) is 3.96. The van der Waals surface area contributed by atoms with Crippen LogP contribution >= 0.6 is 0 Å². The summed E-state index contributed by atoms with van der Waals surface area (Å²) in [5.74, 6) is 0.655. The lowest BCUT2D eigenvalue weighted by molar-refractivity contribution is -0.128. The topological polar surface area (TPSA) is 61.4 Å². The molecule has 2 aliphatic rings. The van der Waals surface area contributed by atoms with E-state index < -0.39 is 0 Å². The molecule has 2 rings (SSSR count). The fourth-order valence-electron chi connectivity index (χ4n) is 2.75. The number of carbonyl (C=O) groups is 2. The molecule has 2 unspecified atom stereocenters. The van der Waals surface area contributed by atoms with Gasteiger partial charge in [-0.05, 0) is 38.3 Å². The van der Waals surface area contributed by atoms with Crippen molar-refractivity contribution in [1.82, 2.24) is 15.5 Å². The number of carbonyl (C=O) groups excluding carboxylic acids is 2. The summed E-state index contributed by atoms with van der Waals surface area (Å²) in [5, 5.41) is 6.34. The number of hydrogen-bond donors (Lipinski definition) is 2. The second-order valence-corrected chi connectivity index (χ2v) is 5.47. The first-order valence-corrected chi connectivity index (χ1v) is 6.89. The van der Waals surface area contributed by atoms with Crippen molar-refractivity contribution >= 4 is 11.8 Å². The maximum Gasteiger partial charge on any atom is 0.225 e. The molecule has 18 heavy (non-hydrogen) atoms. The van der Waals surface area contributed by atoms with Crippen molar-refractivity contribution in [1.29, 1.82) is 0 Å². The van der Waals surface area contributed by atoms with Crippen LogP contribution in [0, 0.1) is 11.8 Å². The normalized spacial score (nSPS) is 28.5. The molecule has 0 saturated carbocycles. The summed E-state index contributed by atoms with van der Waals surface area (Å²) in [7, 11) is 1.75. The Labute approximate surface area is 108 Å². The lowest BCUT2D eigenvalue weighted by Gasteiger charge is -2.22. The van der Waals surface area contributed by atoms with Gasteiger partial charge in [-0.1, -0.05) is 0 Å². The lowest BCUT2D eigenvalue weighted by Crippen LogP contribution is -2.36. The van der Waals surface area contributed by atoms with Crippen LogP contribution in [0.4, 0.5) is 0 Å². The molecular weight excluding hydrogens is 230 g/mol. The first kappa shape index (κ1) is 13.3. The van der Waals surface area contributed by atoms with E-state index in [4.69, 9.17) is 0 Å². The van der Waals surface area contributed by atoms with Gasteiger partial charge in [0, 0.05) is 26.6 Å². The lowest BCUT2D eigenvalue weighted by atomic mass is 9.96. The van der Waals surface area contributed by atoms with Gasteiger partial charge in [0.25, 0.3) is 0 Å². The van der Waals surface area contributed by atoms with Gasteiger partial charge >= 0.3 is 0 Å². The van der Waals surface area contributed by atoms with Gasteiger partial charge in [-0.2, -0.15) is 0 Å². The van der Waals surface area contributed by atoms with Gasteiger partial charge in [-0.3, -0.25) is 9.59 Å². The van der Waals surface area contributed by atoms with E-state index in [0.717, 1.165) is 26.1 Å². The zero-order valence-corrected chi connectivity index (χ0v) is 11.1. The number of amides is 2. The molecule has 0 aromatic heterocycles. The zero-order valence-electron chi connectivity index (χ0n) is 11.1. The molecule has 2 atom stereocenters. The Hall–Kier alpha value is -1.10.